The Morgan fingerprint density at radius 1 is 1.20 bits per heavy atom. The van der Waals surface area contributed by atoms with Crippen molar-refractivity contribution >= 4 is 23.7 Å². The molecule has 0 bridgehead atoms. The molecule has 0 spiro atoms. The first-order valence-corrected chi connectivity index (χ1v) is 5.97. The number of amides is 2. The van der Waals surface area contributed by atoms with Crippen LogP contribution in [0.4, 0.5) is 4.79 Å². The largest absolute Gasteiger partial charge is 0.367 e. The molecule has 0 atom stereocenters. The average Bonchev–Trinajstić information content (AvgIpc) is 3.07. The summed E-state index contributed by atoms with van der Waals surface area (Å²) in [7, 11) is 0. The van der Waals surface area contributed by atoms with Crippen LogP contribution in [0.2, 0.25) is 0 Å². The molecule has 2 aromatic rings. The van der Waals surface area contributed by atoms with Crippen LogP contribution in [0.25, 0.3) is 5.69 Å². The first-order valence-electron chi connectivity index (χ1n) is 5.97. The Morgan fingerprint density at radius 3 is 2.50 bits per heavy atom. The molecule has 6 nitrogen and oxygen atoms in total. The first kappa shape index (κ1) is 12.2. The van der Waals surface area contributed by atoms with E-state index in [1.807, 2.05) is 29.8 Å². The van der Waals surface area contributed by atoms with Gasteiger partial charge in [-0.05, 0) is 31.2 Å². The zero-order valence-electron chi connectivity index (χ0n) is 10.6. The molecule has 0 radical (unpaired) electrons. The summed E-state index contributed by atoms with van der Waals surface area (Å²) in [5.74, 6) is 0.551. The van der Waals surface area contributed by atoms with E-state index in [4.69, 9.17) is 0 Å². The van der Waals surface area contributed by atoms with Gasteiger partial charge in [0.15, 0.2) is 0 Å². The molecule has 3 rings (SSSR count). The number of rotatable bonds is 3. The number of Topliss-reactive ketones (excluding diaryl/α,β-unsaturated/α-hetero) is 1. The molecule has 1 aliphatic rings. The second-order valence-electron chi connectivity index (χ2n) is 4.26. The molecule has 0 aliphatic carbocycles. The van der Waals surface area contributed by atoms with Crippen LogP contribution in [0.5, 0.6) is 0 Å². The number of aromatic nitrogens is 2. The normalized spacial score (nSPS) is 13.7. The van der Waals surface area contributed by atoms with Crippen molar-refractivity contribution in [3.8, 4) is 5.69 Å². The monoisotopic (exact) mass is 266 g/mol. The van der Waals surface area contributed by atoms with Gasteiger partial charge in [-0.3, -0.25) is 4.79 Å². The summed E-state index contributed by atoms with van der Waals surface area (Å²) in [5.41, 5.74) is 1.45. The Morgan fingerprint density at radius 2 is 1.95 bits per heavy atom. The van der Waals surface area contributed by atoms with Crippen LogP contribution in [0.15, 0.2) is 46.6 Å². The van der Waals surface area contributed by atoms with Crippen LogP contribution in [0, 0.1) is 6.92 Å². The Balaban J connectivity index is 1.89. The van der Waals surface area contributed by atoms with Gasteiger partial charge in [0, 0.05) is 23.6 Å². The summed E-state index contributed by atoms with van der Waals surface area (Å²) >= 11 is 0. The molecule has 0 fully saturated rings. The fourth-order valence-electron chi connectivity index (χ4n) is 1.96. The number of imidazole rings is 1. The highest BCUT2D eigenvalue weighted by atomic mass is 16.2. The van der Waals surface area contributed by atoms with Crippen molar-refractivity contribution in [2.75, 3.05) is 0 Å². The lowest BCUT2D eigenvalue weighted by Crippen LogP contribution is -2.14. The van der Waals surface area contributed by atoms with Gasteiger partial charge in [0.25, 0.3) is 0 Å². The van der Waals surface area contributed by atoms with E-state index in [1.165, 1.54) is 6.21 Å². The number of benzene rings is 1. The number of aliphatic imine (C=N–C) groups is 2. The third-order valence-corrected chi connectivity index (χ3v) is 2.98. The number of nitrogens with zero attached hydrogens (tertiary/aromatic N) is 4. The minimum absolute atomic E-state index is 0.0709. The smallest absolute Gasteiger partial charge is 0.304 e. The van der Waals surface area contributed by atoms with Crippen molar-refractivity contribution in [1.82, 2.24) is 9.55 Å². The predicted octanol–water partition coefficient (Wildman–Crippen LogP) is 2.01. The molecule has 1 aromatic heterocycles. The van der Waals surface area contributed by atoms with Crippen molar-refractivity contribution < 1.29 is 9.59 Å². The zero-order chi connectivity index (χ0) is 14.1. The Bertz CT molecular complexity index is 754. The highest BCUT2D eigenvalue weighted by Crippen LogP contribution is 2.13. The summed E-state index contributed by atoms with van der Waals surface area (Å²) < 4.78 is 1.91. The Kier molecular flexibility index (Phi) is 2.83. The van der Waals surface area contributed by atoms with Crippen LogP contribution in [-0.2, 0) is 0 Å². The molecular weight excluding hydrogens is 256 g/mol. The minimum atomic E-state index is -0.640. The summed E-state index contributed by atoms with van der Waals surface area (Å²) in [6, 6.07) is 6.37. The second kappa shape index (κ2) is 4.65. The Labute approximate surface area is 114 Å². The fraction of sp³-hybridized carbons (Fsp3) is 0.0714. The number of ketones is 1. The number of urea groups is 1. The van der Waals surface area contributed by atoms with Crippen molar-refractivity contribution in [2.24, 2.45) is 9.98 Å². The number of carbonyl (C=O) groups is 2. The maximum Gasteiger partial charge on any atom is 0.367 e. The highest BCUT2D eigenvalue weighted by Gasteiger charge is 2.18. The molecule has 0 saturated heterocycles. The quantitative estimate of drug-likeness (QED) is 0.797. The summed E-state index contributed by atoms with van der Waals surface area (Å²) in [6.07, 6.45) is 4.75. The van der Waals surface area contributed by atoms with Crippen molar-refractivity contribution in [2.45, 2.75) is 6.92 Å². The SMILES string of the molecule is Cc1nccn1-c1ccc(C(=O)C2=NC(=O)N=C2)cc1. The molecule has 2 heterocycles. The fourth-order valence-corrected chi connectivity index (χ4v) is 1.96. The van der Waals surface area contributed by atoms with Crippen molar-refractivity contribution in [3.63, 3.8) is 0 Å². The van der Waals surface area contributed by atoms with Gasteiger partial charge in [0.2, 0.25) is 5.78 Å². The maximum atomic E-state index is 12.1. The Hall–Kier alpha value is -2.89. The molecule has 98 valence electrons. The maximum absolute atomic E-state index is 12.1. The van der Waals surface area contributed by atoms with Gasteiger partial charge in [-0.2, -0.15) is 9.98 Å². The third kappa shape index (κ3) is 2.07. The van der Waals surface area contributed by atoms with Crippen LogP contribution < -0.4 is 0 Å². The van der Waals surface area contributed by atoms with Gasteiger partial charge in [-0.25, -0.2) is 9.78 Å². The lowest BCUT2D eigenvalue weighted by atomic mass is 10.1. The molecule has 0 N–H and O–H groups in total. The first-order chi connectivity index (χ1) is 9.65. The molecule has 2 amide bonds. The number of aryl methyl sites for hydroxylation is 1. The van der Waals surface area contributed by atoms with Crippen LogP contribution >= 0.6 is 0 Å². The predicted molar refractivity (Wildman–Crippen MR) is 74.0 cm³/mol. The van der Waals surface area contributed by atoms with Gasteiger partial charge in [0.05, 0.1) is 6.21 Å². The van der Waals surface area contributed by atoms with E-state index in [-0.39, 0.29) is 11.5 Å². The average molecular weight is 266 g/mol. The van der Waals surface area contributed by atoms with Gasteiger partial charge >= 0.3 is 6.03 Å². The van der Waals surface area contributed by atoms with Crippen molar-refractivity contribution in [1.29, 1.82) is 0 Å². The summed E-state index contributed by atoms with van der Waals surface area (Å²) in [4.78, 5) is 34.1. The van der Waals surface area contributed by atoms with Crippen molar-refractivity contribution in [3.05, 3.63) is 48.0 Å². The molecule has 0 unspecified atom stereocenters. The molecule has 6 heteroatoms. The van der Waals surface area contributed by atoms with E-state index in [9.17, 15) is 9.59 Å². The van der Waals surface area contributed by atoms with Gasteiger partial charge in [-0.1, -0.05) is 0 Å². The van der Waals surface area contributed by atoms with Gasteiger partial charge < -0.3 is 4.57 Å². The zero-order valence-corrected chi connectivity index (χ0v) is 10.6. The van der Waals surface area contributed by atoms with E-state index < -0.39 is 6.03 Å². The van der Waals surface area contributed by atoms with Gasteiger partial charge in [-0.15, -0.1) is 0 Å². The summed E-state index contributed by atoms with van der Waals surface area (Å²) in [6.45, 7) is 1.90. The van der Waals surface area contributed by atoms with Crippen LogP contribution in [0.3, 0.4) is 0 Å². The molecule has 20 heavy (non-hydrogen) atoms. The molecule has 1 aromatic carbocycles. The van der Waals surface area contributed by atoms with Gasteiger partial charge in [0.1, 0.15) is 11.5 Å². The van der Waals surface area contributed by atoms with E-state index in [0.717, 1.165) is 11.5 Å². The lowest BCUT2D eigenvalue weighted by molar-refractivity contribution is 0.106. The summed E-state index contributed by atoms with van der Waals surface area (Å²) in [5, 5.41) is 0. The van der Waals surface area contributed by atoms with E-state index in [1.54, 1.807) is 18.3 Å². The standard InChI is InChI=1S/C14H10N4O2/c1-9-15-6-7-18(9)11-4-2-10(3-5-11)13(19)12-8-16-14(20)17-12/h2-8H,1H3. The van der Waals surface area contributed by atoms with E-state index in [0.29, 0.717) is 5.56 Å². The second-order valence-corrected chi connectivity index (χ2v) is 4.26. The highest BCUT2D eigenvalue weighted by molar-refractivity contribution is 6.67. The van der Waals surface area contributed by atoms with E-state index in [2.05, 4.69) is 15.0 Å². The molecule has 1 aliphatic heterocycles. The molecular formula is C14H10N4O2. The molecule has 0 saturated carbocycles. The third-order valence-electron chi connectivity index (χ3n) is 2.98. The number of hydrogen-bond donors (Lipinski definition) is 0. The van der Waals surface area contributed by atoms with E-state index >= 15 is 0 Å². The minimum Gasteiger partial charge on any atom is -0.304 e. The number of carbonyl (C=O) groups excluding carboxylic acids is 2. The number of hydrogen-bond acceptors (Lipinski definition) is 3. The van der Waals surface area contributed by atoms with Crippen LogP contribution in [-0.4, -0.2) is 33.3 Å². The lowest BCUT2D eigenvalue weighted by Gasteiger charge is -2.05. The topological polar surface area (TPSA) is 76.7 Å². The van der Waals surface area contributed by atoms with Crippen LogP contribution in [0.1, 0.15) is 16.2 Å².